The van der Waals surface area contributed by atoms with Crippen LogP contribution in [0.2, 0.25) is 0 Å². The second-order valence-corrected chi connectivity index (χ2v) is 10.1. The first-order valence-corrected chi connectivity index (χ1v) is 10.2. The van der Waals surface area contributed by atoms with Gasteiger partial charge in [-0.15, -0.1) is 0 Å². The molecule has 7 nitrogen and oxygen atoms in total. The third-order valence-electron chi connectivity index (χ3n) is 5.18. The van der Waals surface area contributed by atoms with E-state index in [-0.39, 0.29) is 22.8 Å². The molecule has 1 atom stereocenters. The number of esters is 1. The summed E-state index contributed by atoms with van der Waals surface area (Å²) in [6.45, 7) is 4.52. The van der Waals surface area contributed by atoms with Crippen LogP contribution in [0.4, 0.5) is 4.39 Å². The number of ether oxygens (including phenoxy) is 1. The number of benzene rings is 1. The average Bonchev–Trinajstić information content (AvgIpc) is 3.09. The maximum atomic E-state index is 14.7. The number of aliphatic imine (C=N–C) groups is 1. The van der Waals surface area contributed by atoms with Gasteiger partial charge < -0.3 is 15.5 Å². The second kappa shape index (κ2) is 6.44. The molecule has 1 aromatic heterocycles. The van der Waals surface area contributed by atoms with E-state index in [1.165, 1.54) is 39.2 Å². The molecule has 2 heterocycles. The fourth-order valence-electron chi connectivity index (χ4n) is 3.18. The minimum atomic E-state index is -3.66. The van der Waals surface area contributed by atoms with E-state index in [0.29, 0.717) is 11.3 Å². The van der Waals surface area contributed by atoms with Gasteiger partial charge in [-0.05, 0) is 56.7 Å². The van der Waals surface area contributed by atoms with Crippen LogP contribution in [-0.4, -0.2) is 42.8 Å². The van der Waals surface area contributed by atoms with Crippen LogP contribution in [-0.2, 0) is 20.1 Å². The largest absolute Gasteiger partial charge is 0.464 e. The first-order valence-electron chi connectivity index (χ1n) is 8.57. The Labute approximate surface area is 162 Å². The summed E-state index contributed by atoms with van der Waals surface area (Å²) >= 11 is 0. The van der Waals surface area contributed by atoms with Gasteiger partial charge in [0.1, 0.15) is 27.6 Å². The van der Waals surface area contributed by atoms with Crippen LogP contribution in [0.5, 0.6) is 0 Å². The van der Waals surface area contributed by atoms with Crippen LogP contribution in [0.15, 0.2) is 35.3 Å². The number of nitrogens with one attached hydrogen (secondary N) is 1. The third-order valence-corrected chi connectivity index (χ3v) is 7.89. The van der Waals surface area contributed by atoms with E-state index < -0.39 is 31.9 Å². The molecule has 0 spiro atoms. The van der Waals surface area contributed by atoms with Gasteiger partial charge in [0.25, 0.3) is 0 Å². The van der Waals surface area contributed by atoms with Crippen molar-refractivity contribution in [2.24, 2.45) is 10.7 Å². The van der Waals surface area contributed by atoms with Crippen molar-refractivity contribution in [3.05, 3.63) is 47.4 Å². The number of methoxy groups -OCH3 is 1. The standard InChI is InChI=1S/C19H22FN3O4S/c1-18(2)17(21)23-19(3,10-28(18,25)26)12-9-11(5-6-13(12)20)14-7-8-15(22-14)16(24)27-4/h5-9,22H,10H2,1-4H3,(H2,21,23). The summed E-state index contributed by atoms with van der Waals surface area (Å²) in [5.74, 6) is -1.54. The van der Waals surface area contributed by atoms with Crippen molar-refractivity contribution in [3.8, 4) is 11.3 Å². The normalized spacial score (nSPS) is 23.1. The van der Waals surface area contributed by atoms with Crippen molar-refractivity contribution in [3.63, 3.8) is 0 Å². The minimum absolute atomic E-state index is 0.0566. The Morgan fingerprint density at radius 1 is 1.25 bits per heavy atom. The van der Waals surface area contributed by atoms with E-state index in [2.05, 4.69) is 14.7 Å². The zero-order valence-electron chi connectivity index (χ0n) is 16.0. The summed E-state index contributed by atoms with van der Waals surface area (Å²) in [6.07, 6.45) is 0. The van der Waals surface area contributed by atoms with Crippen LogP contribution in [0.1, 0.15) is 36.8 Å². The van der Waals surface area contributed by atoms with Gasteiger partial charge in [-0.3, -0.25) is 4.99 Å². The van der Waals surface area contributed by atoms with Gasteiger partial charge in [0.2, 0.25) is 0 Å². The van der Waals surface area contributed by atoms with Gasteiger partial charge in [-0.1, -0.05) is 0 Å². The predicted molar refractivity (Wildman–Crippen MR) is 104 cm³/mol. The number of amidine groups is 1. The smallest absolute Gasteiger partial charge is 0.354 e. The minimum Gasteiger partial charge on any atom is -0.464 e. The first kappa shape index (κ1) is 20.1. The highest BCUT2D eigenvalue weighted by atomic mass is 32.2. The molecule has 9 heteroatoms. The number of aromatic amines is 1. The summed E-state index contributed by atoms with van der Waals surface area (Å²) in [6, 6.07) is 7.50. The summed E-state index contributed by atoms with van der Waals surface area (Å²) in [7, 11) is -2.39. The topological polar surface area (TPSA) is 115 Å². The van der Waals surface area contributed by atoms with Crippen molar-refractivity contribution in [1.29, 1.82) is 0 Å². The molecule has 28 heavy (non-hydrogen) atoms. The average molecular weight is 407 g/mol. The van der Waals surface area contributed by atoms with Crippen LogP contribution >= 0.6 is 0 Å². The van der Waals surface area contributed by atoms with E-state index in [1.54, 1.807) is 19.1 Å². The summed E-state index contributed by atoms with van der Waals surface area (Å²) in [5, 5.41) is 0. The molecule has 150 valence electrons. The van der Waals surface area contributed by atoms with E-state index in [9.17, 15) is 17.6 Å². The van der Waals surface area contributed by atoms with Gasteiger partial charge in [0.05, 0.1) is 12.9 Å². The zero-order chi connectivity index (χ0) is 20.9. The second-order valence-electron chi connectivity index (χ2n) is 7.51. The maximum absolute atomic E-state index is 14.7. The lowest BCUT2D eigenvalue weighted by molar-refractivity contribution is 0.0595. The predicted octanol–water partition coefficient (Wildman–Crippen LogP) is 2.39. The Hall–Kier alpha value is -2.68. The lowest BCUT2D eigenvalue weighted by atomic mass is 9.91. The van der Waals surface area contributed by atoms with Crippen molar-refractivity contribution < 1.29 is 22.3 Å². The highest BCUT2D eigenvalue weighted by molar-refractivity contribution is 7.93. The molecule has 1 unspecified atom stereocenters. The number of nitrogens with zero attached hydrogens (tertiary/aromatic N) is 1. The van der Waals surface area contributed by atoms with E-state index in [1.807, 2.05) is 0 Å². The fraction of sp³-hybridized carbons (Fsp3) is 0.368. The van der Waals surface area contributed by atoms with Gasteiger partial charge in [-0.2, -0.15) is 0 Å². The number of rotatable bonds is 3. The van der Waals surface area contributed by atoms with Crippen molar-refractivity contribution >= 4 is 21.6 Å². The number of halogens is 1. The highest BCUT2D eigenvalue weighted by Gasteiger charge is 2.49. The number of carbonyl (C=O) groups excluding carboxylic acids is 1. The van der Waals surface area contributed by atoms with E-state index in [4.69, 9.17) is 5.73 Å². The number of hydrogen-bond donors (Lipinski definition) is 2. The Morgan fingerprint density at radius 3 is 2.54 bits per heavy atom. The summed E-state index contributed by atoms with van der Waals surface area (Å²) in [5.41, 5.74) is 6.07. The number of sulfone groups is 1. The molecule has 0 radical (unpaired) electrons. The number of carbonyl (C=O) groups is 1. The fourth-order valence-corrected chi connectivity index (χ4v) is 4.86. The highest BCUT2D eigenvalue weighted by Crippen LogP contribution is 2.39. The molecule has 3 rings (SSSR count). The molecule has 1 aliphatic rings. The van der Waals surface area contributed by atoms with Crippen molar-refractivity contribution in [2.45, 2.75) is 31.1 Å². The number of hydrogen-bond acceptors (Lipinski definition) is 6. The molecular weight excluding hydrogens is 385 g/mol. The Bertz CT molecular complexity index is 1090. The Balaban J connectivity index is 2.11. The van der Waals surface area contributed by atoms with E-state index in [0.717, 1.165) is 0 Å². The molecule has 0 fully saturated rings. The molecule has 2 aromatic rings. The summed E-state index contributed by atoms with van der Waals surface area (Å²) in [4.78, 5) is 18.9. The van der Waals surface area contributed by atoms with Crippen LogP contribution in [0.3, 0.4) is 0 Å². The maximum Gasteiger partial charge on any atom is 0.354 e. The van der Waals surface area contributed by atoms with Crippen molar-refractivity contribution in [1.82, 2.24) is 4.98 Å². The quantitative estimate of drug-likeness (QED) is 0.758. The lowest BCUT2D eigenvalue weighted by Crippen LogP contribution is -2.54. The van der Waals surface area contributed by atoms with Gasteiger partial charge in [0.15, 0.2) is 9.84 Å². The van der Waals surface area contributed by atoms with Crippen LogP contribution in [0.25, 0.3) is 11.3 Å². The number of H-pyrrole nitrogens is 1. The third kappa shape index (κ3) is 3.09. The van der Waals surface area contributed by atoms with Gasteiger partial charge in [-0.25, -0.2) is 17.6 Å². The molecule has 0 aliphatic carbocycles. The Morgan fingerprint density at radius 2 is 1.93 bits per heavy atom. The van der Waals surface area contributed by atoms with E-state index >= 15 is 0 Å². The Kier molecular flexibility index (Phi) is 4.61. The molecule has 0 saturated heterocycles. The zero-order valence-corrected chi connectivity index (χ0v) is 16.9. The number of nitrogens with two attached hydrogens (primary N) is 1. The van der Waals surface area contributed by atoms with Crippen LogP contribution in [0, 0.1) is 5.82 Å². The first-order chi connectivity index (χ1) is 12.9. The molecule has 1 aromatic carbocycles. The van der Waals surface area contributed by atoms with Gasteiger partial charge >= 0.3 is 5.97 Å². The molecule has 1 aliphatic heterocycles. The SMILES string of the molecule is COC(=O)c1ccc(-c2ccc(F)c(C3(C)CS(=O)(=O)C(C)(C)C(N)=N3)c2)[nH]1. The molecule has 0 bridgehead atoms. The molecular formula is C19H22FN3O4S. The lowest BCUT2D eigenvalue weighted by Gasteiger charge is -2.38. The van der Waals surface area contributed by atoms with Crippen molar-refractivity contribution in [2.75, 3.05) is 12.9 Å². The molecule has 0 amide bonds. The summed E-state index contributed by atoms with van der Waals surface area (Å²) < 4.78 is 43.5. The van der Waals surface area contributed by atoms with Crippen LogP contribution < -0.4 is 5.73 Å². The molecule has 3 N–H and O–H groups in total. The van der Waals surface area contributed by atoms with Gasteiger partial charge in [0, 0.05) is 11.3 Å². The molecule has 0 saturated carbocycles. The number of aromatic nitrogens is 1. The monoisotopic (exact) mass is 407 g/mol.